The predicted octanol–water partition coefficient (Wildman–Crippen LogP) is 1.12. The summed E-state index contributed by atoms with van der Waals surface area (Å²) in [7, 11) is 0. The third-order valence-electron chi connectivity index (χ3n) is 2.12. The molecule has 2 N–H and O–H groups in total. The first-order valence-electron chi connectivity index (χ1n) is 5.16. The molecule has 1 aromatic heterocycles. The molecule has 0 fully saturated rings. The fourth-order valence-corrected chi connectivity index (χ4v) is 1.43. The van der Waals surface area contributed by atoms with E-state index in [2.05, 4.69) is 10.6 Å². The van der Waals surface area contributed by atoms with Gasteiger partial charge in [-0.25, -0.2) is 0 Å². The number of hydrogen-bond acceptors (Lipinski definition) is 3. The molecule has 15 heavy (non-hydrogen) atoms. The predicted molar refractivity (Wildman–Crippen MR) is 58.6 cm³/mol. The van der Waals surface area contributed by atoms with Gasteiger partial charge in [-0.3, -0.25) is 4.79 Å². The molecule has 84 valence electrons. The third-order valence-corrected chi connectivity index (χ3v) is 2.12. The monoisotopic (exact) mass is 210 g/mol. The van der Waals surface area contributed by atoms with E-state index in [0.29, 0.717) is 19.6 Å². The van der Waals surface area contributed by atoms with Crippen LogP contribution in [0.3, 0.4) is 0 Å². The van der Waals surface area contributed by atoms with Crippen LogP contribution in [-0.4, -0.2) is 19.0 Å². The van der Waals surface area contributed by atoms with Gasteiger partial charge in [0.1, 0.15) is 11.5 Å². The van der Waals surface area contributed by atoms with Crippen LogP contribution in [0.5, 0.6) is 0 Å². The highest BCUT2D eigenvalue weighted by Gasteiger charge is 2.04. The van der Waals surface area contributed by atoms with Gasteiger partial charge in [0, 0.05) is 18.7 Å². The lowest BCUT2D eigenvalue weighted by Crippen LogP contribution is -2.33. The molecular weight excluding hydrogens is 192 g/mol. The second-order valence-electron chi connectivity index (χ2n) is 3.50. The maximum absolute atomic E-state index is 11.1. The second-order valence-corrected chi connectivity index (χ2v) is 3.50. The number of nitrogens with one attached hydrogen (secondary N) is 2. The molecule has 4 nitrogen and oxygen atoms in total. The normalized spacial score (nSPS) is 10.3. The summed E-state index contributed by atoms with van der Waals surface area (Å²) in [5, 5.41) is 5.80. The highest BCUT2D eigenvalue weighted by atomic mass is 16.3. The van der Waals surface area contributed by atoms with Gasteiger partial charge in [-0.2, -0.15) is 0 Å². The average molecular weight is 210 g/mol. The molecule has 0 saturated carbocycles. The maximum Gasteiger partial charge on any atom is 0.233 e. The Kier molecular flexibility index (Phi) is 4.37. The van der Waals surface area contributed by atoms with Gasteiger partial charge >= 0.3 is 0 Å². The van der Waals surface area contributed by atoms with Gasteiger partial charge in [0.2, 0.25) is 5.91 Å². The maximum atomic E-state index is 11.1. The zero-order valence-corrected chi connectivity index (χ0v) is 9.52. The topological polar surface area (TPSA) is 54.3 Å². The van der Waals surface area contributed by atoms with Crippen molar-refractivity contribution in [1.29, 1.82) is 0 Å². The Morgan fingerprint density at radius 1 is 1.47 bits per heavy atom. The number of furan rings is 1. The summed E-state index contributed by atoms with van der Waals surface area (Å²) >= 11 is 0. The quantitative estimate of drug-likeness (QED) is 0.765. The number of carbonyl (C=O) groups is 1. The van der Waals surface area contributed by atoms with Crippen LogP contribution >= 0.6 is 0 Å². The SMILES string of the molecule is CCNC(=O)CNCc1cc(C)oc1C. The molecular formula is C11H18N2O2. The average Bonchev–Trinajstić information content (AvgIpc) is 2.46. The molecule has 0 aromatic carbocycles. The minimum absolute atomic E-state index is 0.0235. The Hall–Kier alpha value is -1.29. The summed E-state index contributed by atoms with van der Waals surface area (Å²) in [6.45, 7) is 7.43. The minimum Gasteiger partial charge on any atom is -0.466 e. The van der Waals surface area contributed by atoms with Crippen molar-refractivity contribution in [3.8, 4) is 0 Å². The van der Waals surface area contributed by atoms with Crippen LogP contribution in [0.2, 0.25) is 0 Å². The fourth-order valence-electron chi connectivity index (χ4n) is 1.43. The van der Waals surface area contributed by atoms with E-state index in [1.807, 2.05) is 26.8 Å². The number of likely N-dealkylation sites (N-methyl/N-ethyl adjacent to an activating group) is 1. The molecule has 0 aliphatic rings. The molecule has 0 bridgehead atoms. The first-order chi connectivity index (χ1) is 7.13. The van der Waals surface area contributed by atoms with E-state index in [4.69, 9.17) is 4.42 Å². The minimum atomic E-state index is 0.0235. The van der Waals surface area contributed by atoms with Crippen molar-refractivity contribution in [2.24, 2.45) is 0 Å². The van der Waals surface area contributed by atoms with Gasteiger partial charge in [-0.05, 0) is 26.8 Å². The first kappa shape index (κ1) is 11.8. The molecule has 0 aliphatic heterocycles. The lowest BCUT2D eigenvalue weighted by atomic mass is 10.2. The van der Waals surface area contributed by atoms with E-state index in [0.717, 1.165) is 17.1 Å². The summed E-state index contributed by atoms with van der Waals surface area (Å²) < 4.78 is 5.38. The number of amides is 1. The van der Waals surface area contributed by atoms with Crippen molar-refractivity contribution < 1.29 is 9.21 Å². The van der Waals surface area contributed by atoms with Gasteiger partial charge in [-0.15, -0.1) is 0 Å². The summed E-state index contributed by atoms with van der Waals surface area (Å²) in [5.74, 6) is 1.84. The van der Waals surface area contributed by atoms with Gasteiger partial charge in [0.25, 0.3) is 0 Å². The summed E-state index contributed by atoms with van der Waals surface area (Å²) in [6.07, 6.45) is 0. The molecule has 0 spiro atoms. The zero-order valence-electron chi connectivity index (χ0n) is 9.52. The Morgan fingerprint density at radius 3 is 2.73 bits per heavy atom. The lowest BCUT2D eigenvalue weighted by Gasteiger charge is -2.03. The van der Waals surface area contributed by atoms with Gasteiger partial charge in [0.15, 0.2) is 0 Å². The standard InChI is InChI=1S/C11H18N2O2/c1-4-13-11(14)7-12-6-10-5-8(2)15-9(10)3/h5,12H,4,6-7H2,1-3H3,(H,13,14). The van der Waals surface area contributed by atoms with Crippen LogP contribution in [0.1, 0.15) is 24.0 Å². The van der Waals surface area contributed by atoms with Crippen LogP contribution in [0.4, 0.5) is 0 Å². The molecule has 0 aliphatic carbocycles. The molecule has 0 radical (unpaired) electrons. The van der Waals surface area contributed by atoms with Gasteiger partial charge in [0.05, 0.1) is 6.54 Å². The van der Waals surface area contributed by atoms with Crippen molar-refractivity contribution in [3.05, 3.63) is 23.2 Å². The molecule has 0 unspecified atom stereocenters. The van der Waals surface area contributed by atoms with E-state index in [1.54, 1.807) is 0 Å². The molecule has 0 saturated heterocycles. The van der Waals surface area contributed by atoms with Crippen molar-refractivity contribution in [2.75, 3.05) is 13.1 Å². The molecule has 1 rings (SSSR count). The van der Waals surface area contributed by atoms with Gasteiger partial charge in [-0.1, -0.05) is 0 Å². The van der Waals surface area contributed by atoms with Crippen LogP contribution in [0.15, 0.2) is 10.5 Å². The van der Waals surface area contributed by atoms with E-state index in [1.165, 1.54) is 0 Å². The zero-order chi connectivity index (χ0) is 11.3. The highest BCUT2D eigenvalue weighted by molar-refractivity contribution is 5.77. The lowest BCUT2D eigenvalue weighted by molar-refractivity contribution is -0.120. The highest BCUT2D eigenvalue weighted by Crippen LogP contribution is 2.12. The number of hydrogen-bond donors (Lipinski definition) is 2. The van der Waals surface area contributed by atoms with Crippen LogP contribution in [0, 0.1) is 13.8 Å². The fraction of sp³-hybridized carbons (Fsp3) is 0.545. The molecule has 1 amide bonds. The number of aryl methyl sites for hydroxylation is 2. The largest absolute Gasteiger partial charge is 0.466 e. The van der Waals surface area contributed by atoms with Crippen molar-refractivity contribution in [1.82, 2.24) is 10.6 Å². The molecule has 0 atom stereocenters. The number of carbonyl (C=O) groups excluding carboxylic acids is 1. The van der Waals surface area contributed by atoms with Crippen LogP contribution in [0.25, 0.3) is 0 Å². The van der Waals surface area contributed by atoms with Crippen LogP contribution < -0.4 is 10.6 Å². The second kappa shape index (κ2) is 5.56. The Morgan fingerprint density at radius 2 is 2.20 bits per heavy atom. The molecule has 1 aromatic rings. The van der Waals surface area contributed by atoms with Gasteiger partial charge < -0.3 is 15.1 Å². The third kappa shape index (κ3) is 3.75. The first-order valence-corrected chi connectivity index (χ1v) is 5.16. The van der Waals surface area contributed by atoms with E-state index in [-0.39, 0.29) is 5.91 Å². The summed E-state index contributed by atoms with van der Waals surface area (Å²) in [6, 6.07) is 1.99. The molecule has 1 heterocycles. The van der Waals surface area contributed by atoms with Crippen molar-refractivity contribution >= 4 is 5.91 Å². The Balaban J connectivity index is 2.31. The Bertz CT molecular complexity index is 331. The van der Waals surface area contributed by atoms with E-state index < -0.39 is 0 Å². The van der Waals surface area contributed by atoms with Crippen molar-refractivity contribution in [2.45, 2.75) is 27.3 Å². The van der Waals surface area contributed by atoms with E-state index in [9.17, 15) is 4.79 Å². The van der Waals surface area contributed by atoms with Crippen LogP contribution in [-0.2, 0) is 11.3 Å². The number of rotatable bonds is 5. The van der Waals surface area contributed by atoms with Crippen molar-refractivity contribution in [3.63, 3.8) is 0 Å². The summed E-state index contributed by atoms with van der Waals surface area (Å²) in [4.78, 5) is 11.1. The molecule has 4 heteroatoms. The smallest absolute Gasteiger partial charge is 0.233 e. The summed E-state index contributed by atoms with van der Waals surface area (Å²) in [5.41, 5.74) is 1.11. The van der Waals surface area contributed by atoms with E-state index >= 15 is 0 Å². The Labute approximate surface area is 90.0 Å².